The molecule has 0 spiro atoms. The zero-order chi connectivity index (χ0) is 22.5. The highest BCUT2D eigenvalue weighted by atomic mass is 32.2. The van der Waals surface area contributed by atoms with E-state index in [1.165, 1.54) is 0 Å². The van der Waals surface area contributed by atoms with E-state index >= 15 is 0 Å². The summed E-state index contributed by atoms with van der Waals surface area (Å²) in [6.45, 7) is 7.39. The van der Waals surface area contributed by atoms with Crippen molar-refractivity contribution in [3.8, 4) is 11.5 Å². The van der Waals surface area contributed by atoms with Crippen LogP contribution in [-0.4, -0.2) is 46.9 Å². The van der Waals surface area contributed by atoms with Crippen molar-refractivity contribution >= 4 is 21.6 Å². The number of rotatable bonds is 9. The Labute approximate surface area is 179 Å². The Morgan fingerprint density at radius 2 is 1.60 bits per heavy atom. The molecule has 2 rings (SSSR count). The molecule has 0 bridgehead atoms. The lowest BCUT2D eigenvalue weighted by Crippen LogP contribution is -2.45. The van der Waals surface area contributed by atoms with Gasteiger partial charge in [0.1, 0.15) is 24.7 Å². The first kappa shape index (κ1) is 23.5. The molecule has 1 N–H and O–H groups in total. The maximum Gasteiger partial charge on any atom is 0.241 e. The van der Waals surface area contributed by atoms with E-state index in [2.05, 4.69) is 5.32 Å². The second kappa shape index (κ2) is 9.84. The fourth-order valence-electron chi connectivity index (χ4n) is 3.31. The van der Waals surface area contributed by atoms with E-state index < -0.39 is 15.9 Å². The van der Waals surface area contributed by atoms with Crippen LogP contribution in [0, 0.1) is 20.8 Å². The third kappa shape index (κ3) is 6.38. The lowest BCUT2D eigenvalue weighted by atomic mass is 10.1. The zero-order valence-electron chi connectivity index (χ0n) is 18.4. The first-order valence-corrected chi connectivity index (χ1v) is 11.5. The van der Waals surface area contributed by atoms with Crippen LogP contribution in [0.3, 0.4) is 0 Å². The third-order valence-corrected chi connectivity index (χ3v) is 5.65. The number of carbonyl (C=O) groups is 1. The number of amides is 1. The fourth-order valence-corrected chi connectivity index (χ4v) is 4.29. The fraction of sp³-hybridized carbons (Fsp3) is 0.409. The Kier molecular flexibility index (Phi) is 7.72. The van der Waals surface area contributed by atoms with Gasteiger partial charge >= 0.3 is 0 Å². The topological polar surface area (TPSA) is 84.9 Å². The molecule has 1 unspecified atom stereocenters. The minimum Gasteiger partial charge on any atom is -0.497 e. The number of benzene rings is 2. The van der Waals surface area contributed by atoms with Crippen LogP contribution in [0.2, 0.25) is 0 Å². The number of carbonyl (C=O) groups excluding carboxylic acids is 1. The minimum absolute atomic E-state index is 0.250. The highest BCUT2D eigenvalue weighted by Crippen LogP contribution is 2.28. The molecule has 0 aliphatic carbocycles. The summed E-state index contributed by atoms with van der Waals surface area (Å²) in [5.74, 6) is 0.984. The van der Waals surface area contributed by atoms with Gasteiger partial charge in [0.2, 0.25) is 15.9 Å². The Morgan fingerprint density at radius 3 is 2.10 bits per heavy atom. The van der Waals surface area contributed by atoms with Crippen molar-refractivity contribution in [2.24, 2.45) is 0 Å². The SMILES string of the molecule is COc1ccc(OCC(C)NC(=O)CN(c2c(C)cc(C)cc2C)S(C)(=O)=O)cc1. The third-order valence-electron chi connectivity index (χ3n) is 4.54. The van der Waals surface area contributed by atoms with E-state index in [4.69, 9.17) is 9.47 Å². The van der Waals surface area contributed by atoms with Gasteiger partial charge in [0.15, 0.2) is 0 Å². The van der Waals surface area contributed by atoms with Crippen molar-refractivity contribution in [2.45, 2.75) is 33.7 Å². The number of methoxy groups -OCH3 is 1. The number of hydrogen-bond donors (Lipinski definition) is 1. The molecule has 0 aliphatic rings. The first-order chi connectivity index (χ1) is 14.0. The summed E-state index contributed by atoms with van der Waals surface area (Å²) in [6, 6.07) is 10.6. The van der Waals surface area contributed by atoms with Crippen LogP contribution in [0.4, 0.5) is 5.69 Å². The van der Waals surface area contributed by atoms with E-state index in [1.54, 1.807) is 38.3 Å². The number of hydrogen-bond acceptors (Lipinski definition) is 5. The van der Waals surface area contributed by atoms with Crippen LogP contribution in [0.1, 0.15) is 23.6 Å². The molecule has 1 atom stereocenters. The van der Waals surface area contributed by atoms with Crippen molar-refractivity contribution in [1.82, 2.24) is 5.32 Å². The highest BCUT2D eigenvalue weighted by molar-refractivity contribution is 7.92. The van der Waals surface area contributed by atoms with Crippen molar-refractivity contribution in [3.63, 3.8) is 0 Å². The number of ether oxygens (including phenoxy) is 2. The average Bonchev–Trinajstić information content (AvgIpc) is 2.64. The number of sulfonamides is 1. The molecular weight excluding hydrogens is 404 g/mol. The molecule has 0 heterocycles. The maximum absolute atomic E-state index is 12.6. The monoisotopic (exact) mass is 434 g/mol. The molecule has 7 nitrogen and oxygen atoms in total. The van der Waals surface area contributed by atoms with Crippen molar-refractivity contribution < 1.29 is 22.7 Å². The molecule has 2 aromatic carbocycles. The van der Waals surface area contributed by atoms with Gasteiger partial charge in [0, 0.05) is 0 Å². The van der Waals surface area contributed by atoms with Gasteiger partial charge < -0.3 is 14.8 Å². The normalized spacial score (nSPS) is 12.2. The van der Waals surface area contributed by atoms with Gasteiger partial charge in [0.05, 0.1) is 25.1 Å². The Bertz CT molecular complexity index is 964. The van der Waals surface area contributed by atoms with E-state index in [-0.39, 0.29) is 19.2 Å². The maximum atomic E-state index is 12.6. The second-order valence-electron chi connectivity index (χ2n) is 7.47. The second-order valence-corrected chi connectivity index (χ2v) is 9.38. The molecule has 0 aromatic heterocycles. The predicted octanol–water partition coefficient (Wildman–Crippen LogP) is 2.97. The zero-order valence-corrected chi connectivity index (χ0v) is 19.2. The highest BCUT2D eigenvalue weighted by Gasteiger charge is 2.24. The van der Waals surface area contributed by atoms with Crippen LogP contribution >= 0.6 is 0 Å². The summed E-state index contributed by atoms with van der Waals surface area (Å²) in [4.78, 5) is 12.6. The Morgan fingerprint density at radius 1 is 1.07 bits per heavy atom. The lowest BCUT2D eigenvalue weighted by molar-refractivity contribution is -0.120. The standard InChI is InChI=1S/C22H30N2O5S/c1-15-11-16(2)22(17(3)12-15)24(30(6,26)27)13-21(25)23-18(4)14-29-20-9-7-19(28-5)8-10-20/h7-12,18H,13-14H2,1-6H3,(H,23,25). The van der Waals surface area contributed by atoms with Crippen molar-refractivity contribution in [3.05, 3.63) is 53.1 Å². The molecule has 8 heteroatoms. The Hall–Kier alpha value is -2.74. The van der Waals surface area contributed by atoms with Gasteiger partial charge in [-0.2, -0.15) is 0 Å². The molecule has 2 aromatic rings. The average molecular weight is 435 g/mol. The molecule has 0 aliphatic heterocycles. The number of aryl methyl sites for hydroxylation is 3. The van der Waals surface area contributed by atoms with Gasteiger partial charge in [-0.05, 0) is 63.1 Å². The van der Waals surface area contributed by atoms with Crippen LogP contribution in [0.5, 0.6) is 11.5 Å². The molecule has 0 saturated heterocycles. The molecule has 0 saturated carbocycles. The van der Waals surface area contributed by atoms with Gasteiger partial charge in [-0.1, -0.05) is 17.7 Å². The summed E-state index contributed by atoms with van der Waals surface area (Å²) >= 11 is 0. The van der Waals surface area contributed by atoms with E-state index in [0.29, 0.717) is 11.4 Å². The van der Waals surface area contributed by atoms with Gasteiger partial charge in [-0.25, -0.2) is 8.42 Å². The smallest absolute Gasteiger partial charge is 0.241 e. The summed E-state index contributed by atoms with van der Waals surface area (Å²) in [6.07, 6.45) is 1.11. The predicted molar refractivity (Wildman–Crippen MR) is 119 cm³/mol. The largest absolute Gasteiger partial charge is 0.497 e. The van der Waals surface area contributed by atoms with Gasteiger partial charge in [0.25, 0.3) is 0 Å². The Balaban J connectivity index is 2.04. The van der Waals surface area contributed by atoms with Crippen LogP contribution in [0.15, 0.2) is 36.4 Å². The summed E-state index contributed by atoms with van der Waals surface area (Å²) in [5, 5.41) is 2.80. The van der Waals surface area contributed by atoms with Crippen LogP contribution < -0.4 is 19.1 Å². The van der Waals surface area contributed by atoms with E-state index in [9.17, 15) is 13.2 Å². The first-order valence-electron chi connectivity index (χ1n) is 9.63. The minimum atomic E-state index is -3.64. The summed E-state index contributed by atoms with van der Waals surface area (Å²) in [5.41, 5.74) is 3.19. The van der Waals surface area contributed by atoms with Gasteiger partial charge in [-0.3, -0.25) is 9.10 Å². The molecule has 1 amide bonds. The number of anilines is 1. The van der Waals surface area contributed by atoms with Crippen molar-refractivity contribution in [2.75, 3.05) is 30.8 Å². The summed E-state index contributed by atoms with van der Waals surface area (Å²) < 4.78 is 36.8. The number of nitrogens with one attached hydrogen (secondary N) is 1. The van der Waals surface area contributed by atoms with Gasteiger partial charge in [-0.15, -0.1) is 0 Å². The number of nitrogens with zero attached hydrogens (tertiary/aromatic N) is 1. The van der Waals surface area contributed by atoms with E-state index in [1.807, 2.05) is 32.9 Å². The molecule has 164 valence electrons. The van der Waals surface area contributed by atoms with E-state index in [0.717, 1.165) is 33.0 Å². The van der Waals surface area contributed by atoms with Crippen LogP contribution in [-0.2, 0) is 14.8 Å². The molecular formula is C22H30N2O5S. The van der Waals surface area contributed by atoms with Crippen molar-refractivity contribution in [1.29, 1.82) is 0 Å². The van der Waals surface area contributed by atoms with Crippen LogP contribution in [0.25, 0.3) is 0 Å². The molecule has 30 heavy (non-hydrogen) atoms. The summed E-state index contributed by atoms with van der Waals surface area (Å²) in [7, 11) is -2.05. The lowest BCUT2D eigenvalue weighted by Gasteiger charge is -2.26. The quantitative estimate of drug-likeness (QED) is 0.656. The molecule has 0 radical (unpaired) electrons. The molecule has 0 fully saturated rings.